The monoisotopic (exact) mass is 856 g/mol. The zero-order chi connectivity index (χ0) is 44.8. The summed E-state index contributed by atoms with van der Waals surface area (Å²) >= 11 is 0. The number of nitrogens with one attached hydrogen (secondary N) is 2. The summed E-state index contributed by atoms with van der Waals surface area (Å²) in [6.07, 6.45) is 9.00. The lowest BCUT2D eigenvalue weighted by atomic mass is 9.91. The lowest BCUT2D eigenvalue weighted by Gasteiger charge is -2.40. The first kappa shape index (κ1) is 47.4. The van der Waals surface area contributed by atoms with Gasteiger partial charge in [-0.05, 0) is 88.4 Å². The maximum atomic E-state index is 15.2. The van der Waals surface area contributed by atoms with Crippen molar-refractivity contribution in [3.8, 4) is 0 Å². The number of carbonyl (C=O) groups excluding carboxylic acids is 6. The molecule has 0 radical (unpaired) electrons. The number of aromatic nitrogens is 1. The summed E-state index contributed by atoms with van der Waals surface area (Å²) in [6, 6.07) is 9.63. The molecule has 5 amide bonds. The van der Waals surface area contributed by atoms with Gasteiger partial charge in [-0.2, -0.15) is 0 Å². The second kappa shape index (κ2) is 23.0. The van der Waals surface area contributed by atoms with E-state index in [0.717, 1.165) is 52.5 Å². The van der Waals surface area contributed by atoms with Crippen LogP contribution in [0, 0.1) is 0 Å². The molecular formula is C45H65N11O6. The Hall–Kier alpha value is -5.65. The van der Waals surface area contributed by atoms with Crippen LogP contribution in [0.5, 0.6) is 0 Å². The molecule has 2 aromatic carbocycles. The fourth-order valence-electron chi connectivity index (χ4n) is 8.81. The third kappa shape index (κ3) is 12.0. The molecule has 62 heavy (non-hydrogen) atoms. The molecule has 2 aliphatic rings. The topological polar surface area (TPSA) is 282 Å². The molecule has 336 valence electrons. The summed E-state index contributed by atoms with van der Waals surface area (Å²) in [5, 5.41) is 3.77. The summed E-state index contributed by atoms with van der Waals surface area (Å²) in [4.78, 5) is 96.8. The molecule has 0 spiro atoms. The Labute approximate surface area is 363 Å². The van der Waals surface area contributed by atoms with Crippen LogP contribution in [-0.2, 0) is 41.6 Å². The number of benzene rings is 2. The van der Waals surface area contributed by atoms with Gasteiger partial charge >= 0.3 is 0 Å². The highest BCUT2D eigenvalue weighted by molar-refractivity contribution is 6.05. The van der Waals surface area contributed by atoms with Gasteiger partial charge in [0.05, 0.1) is 18.1 Å². The largest absolute Gasteiger partial charge is 0.370 e. The Bertz CT molecular complexity index is 2010. The van der Waals surface area contributed by atoms with Crippen LogP contribution in [-0.4, -0.2) is 123 Å². The standard InChI is InChI=1S/C45H65N11O6/c1-29(55(42(60)36(48)25-30-13-4-2-5-14-30)44(62)39-21-12-24-54(39)41(59)35(47)19-10-22-46)40(58)53-38(26-31-27-52-37-20-9-8-18-34(31)37)43(61)56(32-15-6-3-7-16-32)33(28-57)17-11-23-51-45(49)50/h2,4-5,8-9,13-14,18,20,27-29,32-33,35-36,38-39,52H,3,6-7,10-12,15-17,19,21-26,46-48H2,1H3,(H,53,58)(H4,49,50,51)/t29-,33-,35-,36-,38-,39-/m0/s1. The molecule has 17 heteroatoms. The van der Waals surface area contributed by atoms with E-state index in [-0.39, 0.29) is 50.8 Å². The van der Waals surface area contributed by atoms with Crippen molar-refractivity contribution in [2.75, 3.05) is 19.6 Å². The van der Waals surface area contributed by atoms with Crippen molar-refractivity contribution in [2.45, 2.75) is 133 Å². The van der Waals surface area contributed by atoms with Crippen LogP contribution in [0.1, 0.15) is 88.7 Å². The molecular weight excluding hydrogens is 791 g/mol. The normalized spacial score (nSPS) is 17.9. The highest BCUT2D eigenvalue weighted by Gasteiger charge is 2.45. The number of nitrogens with zero attached hydrogens (tertiary/aromatic N) is 4. The predicted octanol–water partition coefficient (Wildman–Crippen LogP) is 1.35. The number of H-pyrrole nitrogens is 1. The van der Waals surface area contributed by atoms with Crippen molar-refractivity contribution in [2.24, 2.45) is 33.7 Å². The number of aldehydes is 1. The third-order valence-electron chi connectivity index (χ3n) is 12.1. The van der Waals surface area contributed by atoms with Crippen molar-refractivity contribution in [1.29, 1.82) is 0 Å². The highest BCUT2D eigenvalue weighted by Crippen LogP contribution is 2.28. The first-order valence-corrected chi connectivity index (χ1v) is 22.0. The van der Waals surface area contributed by atoms with E-state index in [9.17, 15) is 24.0 Å². The zero-order valence-corrected chi connectivity index (χ0v) is 35.8. The number of carbonyl (C=O) groups is 6. The van der Waals surface area contributed by atoms with Crippen LogP contribution in [0.2, 0.25) is 0 Å². The Balaban J connectivity index is 1.50. The Kier molecular flexibility index (Phi) is 17.6. The first-order chi connectivity index (χ1) is 29.9. The molecule has 3 aromatic rings. The van der Waals surface area contributed by atoms with Gasteiger partial charge in [-0.1, -0.05) is 67.8 Å². The molecule has 12 N–H and O–H groups in total. The number of amides is 5. The molecule has 1 saturated heterocycles. The van der Waals surface area contributed by atoms with Crippen molar-refractivity contribution in [1.82, 2.24) is 25.0 Å². The number of hydrogen-bond donors (Lipinski definition) is 7. The van der Waals surface area contributed by atoms with Gasteiger partial charge in [0.25, 0.3) is 5.91 Å². The molecule has 0 bridgehead atoms. The van der Waals surface area contributed by atoms with Crippen LogP contribution in [0.3, 0.4) is 0 Å². The van der Waals surface area contributed by atoms with Crippen molar-refractivity contribution >= 4 is 52.7 Å². The van der Waals surface area contributed by atoms with Gasteiger partial charge in [0.15, 0.2) is 5.96 Å². The SMILES string of the molecule is C[C@@H](C(=O)N[C@@H](Cc1c[nH]c2ccccc12)C(=O)N(C1CCCCC1)[C@H](C=O)CCCN=C(N)N)N(C(=O)[C@@H](N)Cc1ccccc1)C(=O)[C@@H]1CCCN1C(=O)[C@@H](N)CCCN. The highest BCUT2D eigenvalue weighted by atomic mass is 16.2. The Morgan fingerprint density at radius 2 is 1.60 bits per heavy atom. The molecule has 6 atom stereocenters. The van der Waals surface area contributed by atoms with E-state index in [2.05, 4.69) is 15.3 Å². The average Bonchev–Trinajstić information content (AvgIpc) is 3.94. The van der Waals surface area contributed by atoms with Crippen LogP contribution in [0.15, 0.2) is 65.8 Å². The first-order valence-electron chi connectivity index (χ1n) is 22.0. The molecule has 1 aliphatic heterocycles. The quantitative estimate of drug-likeness (QED) is 0.0348. The van der Waals surface area contributed by atoms with E-state index in [0.29, 0.717) is 45.1 Å². The Morgan fingerprint density at radius 3 is 2.29 bits per heavy atom. The number of nitrogens with two attached hydrogens (primary N) is 5. The zero-order valence-electron chi connectivity index (χ0n) is 35.8. The number of rotatable bonds is 21. The number of guanidine groups is 1. The number of imide groups is 1. The minimum Gasteiger partial charge on any atom is -0.370 e. The minimum atomic E-state index is -1.47. The van der Waals surface area contributed by atoms with Crippen LogP contribution >= 0.6 is 0 Å². The summed E-state index contributed by atoms with van der Waals surface area (Å²) in [5.41, 5.74) is 31.9. The lowest BCUT2D eigenvalue weighted by molar-refractivity contribution is -0.157. The van der Waals surface area contributed by atoms with Gasteiger partial charge in [-0.15, -0.1) is 0 Å². The second-order valence-electron chi connectivity index (χ2n) is 16.6. The van der Waals surface area contributed by atoms with Gasteiger partial charge in [0, 0.05) is 42.7 Å². The molecule has 2 heterocycles. The minimum absolute atomic E-state index is 0.0328. The van der Waals surface area contributed by atoms with E-state index in [1.54, 1.807) is 11.1 Å². The van der Waals surface area contributed by atoms with E-state index >= 15 is 4.79 Å². The second-order valence-corrected chi connectivity index (χ2v) is 16.6. The maximum Gasteiger partial charge on any atom is 0.252 e. The number of para-hydroxylation sites is 1. The molecule has 0 unspecified atom stereocenters. The molecule has 1 aliphatic carbocycles. The fourth-order valence-corrected chi connectivity index (χ4v) is 8.81. The summed E-state index contributed by atoms with van der Waals surface area (Å²) in [5.74, 6) is -3.34. The maximum absolute atomic E-state index is 15.2. The smallest absolute Gasteiger partial charge is 0.252 e. The average molecular weight is 856 g/mol. The molecule has 5 rings (SSSR count). The van der Waals surface area contributed by atoms with Crippen molar-refractivity contribution in [3.63, 3.8) is 0 Å². The van der Waals surface area contributed by atoms with Gasteiger partial charge < -0.3 is 53.6 Å². The van der Waals surface area contributed by atoms with Crippen LogP contribution < -0.4 is 34.0 Å². The number of hydrogen-bond acceptors (Lipinski definition) is 10. The number of aromatic amines is 1. The number of fused-ring (bicyclic) bond motifs is 1. The van der Waals surface area contributed by atoms with Gasteiger partial charge in [-0.3, -0.25) is 33.9 Å². The Morgan fingerprint density at radius 1 is 0.887 bits per heavy atom. The summed E-state index contributed by atoms with van der Waals surface area (Å²) in [6.45, 7) is 2.26. The van der Waals surface area contributed by atoms with Crippen LogP contribution in [0.4, 0.5) is 0 Å². The number of aliphatic imine (C=N–C) groups is 1. The lowest BCUT2D eigenvalue weighted by Crippen LogP contribution is -2.63. The van der Waals surface area contributed by atoms with E-state index in [4.69, 9.17) is 28.7 Å². The van der Waals surface area contributed by atoms with Crippen molar-refractivity contribution in [3.05, 3.63) is 71.9 Å². The predicted molar refractivity (Wildman–Crippen MR) is 238 cm³/mol. The third-order valence-corrected chi connectivity index (χ3v) is 12.1. The molecule has 1 saturated carbocycles. The van der Waals surface area contributed by atoms with Crippen LogP contribution in [0.25, 0.3) is 10.9 Å². The van der Waals surface area contributed by atoms with Crippen molar-refractivity contribution < 1.29 is 28.8 Å². The molecule has 2 fully saturated rings. The van der Waals surface area contributed by atoms with Gasteiger partial charge in [0.2, 0.25) is 23.6 Å². The molecule has 1 aromatic heterocycles. The molecule has 17 nitrogen and oxygen atoms in total. The van der Waals surface area contributed by atoms with E-state index < -0.39 is 65.8 Å². The van der Waals surface area contributed by atoms with Gasteiger partial charge in [0.1, 0.15) is 24.4 Å². The number of likely N-dealkylation sites (tertiary alicyclic amines) is 1. The summed E-state index contributed by atoms with van der Waals surface area (Å²) < 4.78 is 0. The van der Waals surface area contributed by atoms with Gasteiger partial charge in [-0.25, -0.2) is 0 Å². The summed E-state index contributed by atoms with van der Waals surface area (Å²) in [7, 11) is 0. The van der Waals surface area contributed by atoms with E-state index in [1.165, 1.54) is 11.8 Å². The van der Waals surface area contributed by atoms with E-state index in [1.807, 2.05) is 54.6 Å². The fraction of sp³-hybridized carbons (Fsp3) is 0.533.